The Bertz CT molecular complexity index is 851. The number of aromatic nitrogens is 2. The maximum absolute atomic E-state index is 5.87. The number of benzene rings is 2. The molecule has 0 saturated carbocycles. The molecule has 6 nitrogen and oxygen atoms in total. The second kappa shape index (κ2) is 12.2. The molecule has 0 fully saturated rings. The third-order valence-corrected chi connectivity index (χ3v) is 4.13. The molecule has 0 amide bonds. The number of halogens is 1. The Labute approximate surface area is 183 Å². The van der Waals surface area contributed by atoms with Crippen molar-refractivity contribution in [1.29, 1.82) is 0 Å². The number of fused-ring (bicyclic) bond motifs is 1. The molecule has 3 rings (SSSR count). The van der Waals surface area contributed by atoms with Crippen molar-refractivity contribution in [3.05, 3.63) is 61.2 Å². The summed E-state index contributed by atoms with van der Waals surface area (Å²) in [6.07, 6.45) is 6.42. The molecule has 2 aromatic carbocycles. The minimum absolute atomic E-state index is 0. The molecule has 0 aliphatic heterocycles. The Morgan fingerprint density at radius 1 is 1.14 bits per heavy atom. The lowest BCUT2D eigenvalue weighted by molar-refractivity contribution is 0.314. The predicted octanol–water partition coefficient (Wildman–Crippen LogP) is 3.68. The largest absolute Gasteiger partial charge is 0.494 e. The van der Waals surface area contributed by atoms with E-state index < -0.39 is 0 Å². The topological polar surface area (TPSA) is 63.5 Å². The maximum Gasteiger partial charge on any atom is 0.191 e. The van der Waals surface area contributed by atoms with Crippen molar-refractivity contribution < 1.29 is 4.74 Å². The van der Waals surface area contributed by atoms with Crippen LogP contribution in [-0.4, -0.2) is 41.8 Å². The van der Waals surface area contributed by atoms with Gasteiger partial charge in [0.25, 0.3) is 0 Å². The molecule has 1 heterocycles. The van der Waals surface area contributed by atoms with Crippen LogP contribution in [0.5, 0.6) is 5.75 Å². The summed E-state index contributed by atoms with van der Waals surface area (Å²) in [6, 6.07) is 14.5. The van der Waals surface area contributed by atoms with Gasteiger partial charge in [-0.2, -0.15) is 0 Å². The zero-order chi connectivity index (χ0) is 18.7. The number of aliphatic imine (C=N–C) groups is 1. The fourth-order valence-corrected chi connectivity index (χ4v) is 2.77. The highest BCUT2D eigenvalue weighted by atomic mass is 127. The summed E-state index contributed by atoms with van der Waals surface area (Å²) < 4.78 is 7.90. The van der Waals surface area contributed by atoms with Gasteiger partial charge in [0.1, 0.15) is 5.75 Å². The predicted molar refractivity (Wildman–Crippen MR) is 126 cm³/mol. The molecule has 1 aromatic heterocycles. The van der Waals surface area contributed by atoms with E-state index in [-0.39, 0.29) is 24.0 Å². The first kappa shape index (κ1) is 22.0. The molecule has 0 unspecified atom stereocenters. The van der Waals surface area contributed by atoms with Gasteiger partial charge in [-0.1, -0.05) is 30.3 Å². The van der Waals surface area contributed by atoms with E-state index in [2.05, 4.69) is 51.8 Å². The lowest BCUT2D eigenvalue weighted by atomic mass is 10.1. The molecule has 0 aliphatic rings. The maximum atomic E-state index is 5.87. The average molecular weight is 493 g/mol. The zero-order valence-electron chi connectivity index (χ0n) is 16.2. The summed E-state index contributed by atoms with van der Waals surface area (Å²) in [7, 11) is 0. The molecule has 2 N–H and O–H groups in total. The Morgan fingerprint density at radius 3 is 2.79 bits per heavy atom. The van der Waals surface area contributed by atoms with Crippen LogP contribution < -0.4 is 15.4 Å². The van der Waals surface area contributed by atoms with Crippen LogP contribution in [0.4, 0.5) is 0 Å². The van der Waals surface area contributed by atoms with E-state index in [1.54, 1.807) is 6.20 Å². The number of nitrogens with zero attached hydrogens (tertiary/aromatic N) is 3. The first-order valence-electron chi connectivity index (χ1n) is 9.44. The van der Waals surface area contributed by atoms with Crippen LogP contribution in [0.1, 0.15) is 13.3 Å². The molecule has 0 spiro atoms. The highest BCUT2D eigenvalue weighted by molar-refractivity contribution is 14.0. The Balaban J connectivity index is 0.00000280. The summed E-state index contributed by atoms with van der Waals surface area (Å²) in [5.41, 5.74) is 0. The lowest BCUT2D eigenvalue weighted by Gasteiger charge is -2.11. The summed E-state index contributed by atoms with van der Waals surface area (Å²) in [6.45, 7) is 5.93. The molecule has 0 radical (unpaired) electrons. The van der Waals surface area contributed by atoms with E-state index in [0.717, 1.165) is 37.8 Å². The van der Waals surface area contributed by atoms with Gasteiger partial charge in [0.05, 0.1) is 12.9 Å². The molecule has 150 valence electrons. The van der Waals surface area contributed by atoms with E-state index in [9.17, 15) is 0 Å². The summed E-state index contributed by atoms with van der Waals surface area (Å²) >= 11 is 0. The molecule has 0 aliphatic carbocycles. The number of imidazole rings is 1. The molecule has 3 aromatic rings. The van der Waals surface area contributed by atoms with Gasteiger partial charge in [-0.3, -0.25) is 4.99 Å². The number of hydrogen-bond donors (Lipinski definition) is 2. The summed E-state index contributed by atoms with van der Waals surface area (Å²) in [4.78, 5) is 8.65. The first-order chi connectivity index (χ1) is 13.3. The van der Waals surface area contributed by atoms with Gasteiger partial charge in [-0.05, 0) is 29.8 Å². The molecule has 0 bridgehead atoms. The average Bonchev–Trinajstić information content (AvgIpc) is 3.21. The van der Waals surface area contributed by atoms with E-state index in [0.29, 0.717) is 13.2 Å². The standard InChI is InChI=1S/C21H27N5O.HI/c1-2-23-21(25-12-14-26-13-11-22-17-26)24-10-5-15-27-20-9-8-18-6-3-4-7-19(18)16-20;/h3-4,6-9,11,13,16-17H,2,5,10,12,14-15H2,1H3,(H2,23,24,25);1H. The van der Waals surface area contributed by atoms with Crippen molar-refractivity contribution in [2.45, 2.75) is 19.9 Å². The summed E-state index contributed by atoms with van der Waals surface area (Å²) in [5, 5.41) is 9.03. The van der Waals surface area contributed by atoms with Crippen molar-refractivity contribution in [2.24, 2.45) is 4.99 Å². The third-order valence-electron chi connectivity index (χ3n) is 4.13. The van der Waals surface area contributed by atoms with Crippen molar-refractivity contribution in [2.75, 3.05) is 26.2 Å². The molecule has 0 saturated heterocycles. The second-order valence-corrected chi connectivity index (χ2v) is 6.20. The van der Waals surface area contributed by atoms with Crippen LogP contribution in [0.3, 0.4) is 0 Å². The van der Waals surface area contributed by atoms with E-state index >= 15 is 0 Å². The van der Waals surface area contributed by atoms with Crippen molar-refractivity contribution in [3.63, 3.8) is 0 Å². The molecule has 28 heavy (non-hydrogen) atoms. The van der Waals surface area contributed by atoms with Gasteiger partial charge in [-0.25, -0.2) is 4.98 Å². The minimum atomic E-state index is 0. The Morgan fingerprint density at radius 2 is 2.00 bits per heavy atom. The molecule has 7 heteroatoms. The fourth-order valence-electron chi connectivity index (χ4n) is 2.77. The Hall–Kier alpha value is -2.29. The van der Waals surface area contributed by atoms with Crippen LogP contribution in [0.25, 0.3) is 10.8 Å². The van der Waals surface area contributed by atoms with E-state index in [1.165, 1.54) is 10.8 Å². The van der Waals surface area contributed by atoms with Crippen LogP contribution in [0.2, 0.25) is 0 Å². The van der Waals surface area contributed by atoms with E-state index in [1.807, 2.05) is 35.3 Å². The highest BCUT2D eigenvalue weighted by Gasteiger charge is 1.99. The minimum Gasteiger partial charge on any atom is -0.494 e. The van der Waals surface area contributed by atoms with Gasteiger partial charge in [0.15, 0.2) is 5.96 Å². The summed E-state index contributed by atoms with van der Waals surface area (Å²) in [5.74, 6) is 1.74. The van der Waals surface area contributed by atoms with Crippen molar-refractivity contribution in [3.8, 4) is 5.75 Å². The molecule has 0 atom stereocenters. The Kier molecular flexibility index (Phi) is 9.61. The van der Waals surface area contributed by atoms with Gasteiger partial charge in [0.2, 0.25) is 0 Å². The SMILES string of the molecule is CCNC(=NCCCOc1ccc2ccccc2c1)NCCn1ccnc1.I. The van der Waals surface area contributed by atoms with Crippen LogP contribution in [0.15, 0.2) is 66.2 Å². The second-order valence-electron chi connectivity index (χ2n) is 6.20. The van der Waals surface area contributed by atoms with E-state index in [4.69, 9.17) is 4.74 Å². The number of nitrogens with one attached hydrogen (secondary N) is 2. The lowest BCUT2D eigenvalue weighted by Crippen LogP contribution is -2.38. The third kappa shape index (κ3) is 7.03. The van der Waals surface area contributed by atoms with Crippen LogP contribution in [-0.2, 0) is 6.54 Å². The van der Waals surface area contributed by atoms with Crippen LogP contribution in [0, 0.1) is 0 Å². The van der Waals surface area contributed by atoms with Gasteiger partial charge < -0.3 is 19.9 Å². The number of ether oxygens (including phenoxy) is 1. The van der Waals surface area contributed by atoms with Crippen molar-refractivity contribution in [1.82, 2.24) is 20.2 Å². The van der Waals surface area contributed by atoms with Gasteiger partial charge >= 0.3 is 0 Å². The first-order valence-corrected chi connectivity index (χ1v) is 9.44. The number of rotatable bonds is 9. The van der Waals surface area contributed by atoms with Gasteiger partial charge in [0, 0.05) is 45.0 Å². The highest BCUT2D eigenvalue weighted by Crippen LogP contribution is 2.20. The quantitative estimate of drug-likeness (QED) is 0.207. The number of guanidine groups is 1. The fraction of sp³-hybridized carbons (Fsp3) is 0.333. The van der Waals surface area contributed by atoms with Crippen molar-refractivity contribution >= 4 is 40.7 Å². The van der Waals surface area contributed by atoms with Gasteiger partial charge in [-0.15, -0.1) is 24.0 Å². The molecular formula is C21H28IN5O. The zero-order valence-corrected chi connectivity index (χ0v) is 18.5. The molecular weight excluding hydrogens is 465 g/mol. The number of hydrogen-bond acceptors (Lipinski definition) is 3. The smallest absolute Gasteiger partial charge is 0.191 e. The van der Waals surface area contributed by atoms with Crippen LogP contribution >= 0.6 is 24.0 Å². The normalized spacial score (nSPS) is 11.1. The monoisotopic (exact) mass is 493 g/mol.